The number of likely N-dealkylation sites (N-methyl/N-ethyl adjacent to an activating group) is 1. The van der Waals surface area contributed by atoms with E-state index in [2.05, 4.69) is 81.0 Å². The van der Waals surface area contributed by atoms with Gasteiger partial charge in [-0.3, -0.25) is 4.79 Å². The molecule has 4 aromatic rings. The van der Waals surface area contributed by atoms with Crippen LogP contribution >= 0.6 is 0 Å². The number of carbonyl (C=O) groups excluding carboxylic acids is 1. The van der Waals surface area contributed by atoms with E-state index in [1.54, 1.807) is 6.33 Å². The fourth-order valence-electron chi connectivity index (χ4n) is 3.90. The maximum Gasteiger partial charge on any atom is 0.219 e. The third-order valence-corrected chi connectivity index (χ3v) is 5.84. The van der Waals surface area contributed by atoms with Gasteiger partial charge in [0, 0.05) is 49.1 Å². The molecule has 0 atom stereocenters. The molecule has 4 rings (SSSR count). The summed E-state index contributed by atoms with van der Waals surface area (Å²) >= 11 is 0. The van der Waals surface area contributed by atoms with Crippen molar-refractivity contribution >= 4 is 23.1 Å². The number of rotatable bonds is 10. The molecular formula is C29H31N5O. The number of carbonyl (C=O) groups is 1. The van der Waals surface area contributed by atoms with Gasteiger partial charge in [0.15, 0.2) is 0 Å². The summed E-state index contributed by atoms with van der Waals surface area (Å²) in [5, 5.41) is 6.32. The third kappa shape index (κ3) is 6.44. The van der Waals surface area contributed by atoms with Gasteiger partial charge >= 0.3 is 0 Å². The normalized spacial score (nSPS) is 10.6. The molecule has 6 nitrogen and oxygen atoms in total. The summed E-state index contributed by atoms with van der Waals surface area (Å²) in [4.78, 5) is 22.6. The van der Waals surface area contributed by atoms with Gasteiger partial charge in [-0.2, -0.15) is 0 Å². The van der Waals surface area contributed by atoms with Gasteiger partial charge in [-0.1, -0.05) is 55.5 Å². The monoisotopic (exact) mass is 465 g/mol. The van der Waals surface area contributed by atoms with Crippen LogP contribution in [0.4, 0.5) is 17.2 Å². The highest BCUT2D eigenvalue weighted by molar-refractivity contribution is 5.75. The summed E-state index contributed by atoms with van der Waals surface area (Å²) in [5.74, 6) is 0.819. The van der Waals surface area contributed by atoms with Crippen LogP contribution in [0.15, 0.2) is 91.3 Å². The third-order valence-electron chi connectivity index (χ3n) is 5.84. The van der Waals surface area contributed by atoms with Crippen LogP contribution in [-0.4, -0.2) is 35.5 Å². The number of nitrogens with zero attached hydrogens (tertiary/aromatic N) is 3. The number of aromatic nitrogens is 2. The lowest BCUT2D eigenvalue weighted by atomic mass is 10.0. The summed E-state index contributed by atoms with van der Waals surface area (Å²) in [6.45, 7) is 6.25. The molecule has 0 aliphatic rings. The summed E-state index contributed by atoms with van der Waals surface area (Å²) < 4.78 is 0. The topological polar surface area (TPSA) is 70.2 Å². The molecule has 0 radical (unpaired) electrons. The number of amides is 1. The van der Waals surface area contributed by atoms with Gasteiger partial charge in [0.05, 0.1) is 5.69 Å². The van der Waals surface area contributed by atoms with Gasteiger partial charge in [0.25, 0.3) is 0 Å². The van der Waals surface area contributed by atoms with E-state index in [0.717, 1.165) is 47.1 Å². The molecule has 0 saturated carbocycles. The second kappa shape index (κ2) is 11.8. The Balaban J connectivity index is 1.44. The van der Waals surface area contributed by atoms with Crippen molar-refractivity contribution in [1.29, 1.82) is 0 Å². The lowest BCUT2D eigenvalue weighted by molar-refractivity contribution is -0.120. The highest BCUT2D eigenvalue weighted by Gasteiger charge is 2.07. The smallest absolute Gasteiger partial charge is 0.219 e. The number of benzene rings is 3. The number of nitrogens with one attached hydrogen (secondary N) is 2. The van der Waals surface area contributed by atoms with Crippen LogP contribution in [0.2, 0.25) is 0 Å². The molecule has 0 aliphatic carbocycles. The van der Waals surface area contributed by atoms with Crippen molar-refractivity contribution in [2.45, 2.75) is 20.3 Å². The zero-order valence-electron chi connectivity index (χ0n) is 20.2. The Morgan fingerprint density at radius 2 is 1.57 bits per heavy atom. The molecule has 0 bridgehead atoms. The molecule has 1 heterocycles. The average molecular weight is 466 g/mol. The zero-order valence-corrected chi connectivity index (χ0v) is 20.2. The minimum atomic E-state index is 0.0802. The summed E-state index contributed by atoms with van der Waals surface area (Å²) in [6.07, 6.45) is 2.10. The van der Waals surface area contributed by atoms with Crippen molar-refractivity contribution in [1.82, 2.24) is 15.3 Å². The minimum Gasteiger partial charge on any atom is -0.370 e. The molecule has 0 saturated heterocycles. The van der Waals surface area contributed by atoms with Gasteiger partial charge in [0.1, 0.15) is 12.1 Å². The van der Waals surface area contributed by atoms with Crippen molar-refractivity contribution in [2.24, 2.45) is 0 Å². The quantitative estimate of drug-likeness (QED) is 0.305. The van der Waals surface area contributed by atoms with Gasteiger partial charge in [-0.25, -0.2) is 9.97 Å². The molecule has 3 aromatic carbocycles. The first kappa shape index (κ1) is 24.0. The van der Waals surface area contributed by atoms with Gasteiger partial charge in [-0.05, 0) is 48.4 Å². The molecule has 178 valence electrons. The van der Waals surface area contributed by atoms with E-state index in [1.807, 2.05) is 43.3 Å². The van der Waals surface area contributed by atoms with Crippen molar-refractivity contribution < 1.29 is 4.79 Å². The van der Waals surface area contributed by atoms with E-state index in [4.69, 9.17) is 0 Å². The van der Waals surface area contributed by atoms with Crippen molar-refractivity contribution in [3.8, 4) is 22.4 Å². The van der Waals surface area contributed by atoms with E-state index in [1.165, 1.54) is 5.56 Å². The molecule has 0 spiro atoms. The number of anilines is 3. The van der Waals surface area contributed by atoms with E-state index in [9.17, 15) is 4.79 Å². The first-order chi connectivity index (χ1) is 17.2. The summed E-state index contributed by atoms with van der Waals surface area (Å²) in [6, 6.07) is 28.9. The van der Waals surface area contributed by atoms with Gasteiger partial charge in [-0.15, -0.1) is 0 Å². The molecule has 35 heavy (non-hydrogen) atoms. The van der Waals surface area contributed by atoms with Crippen LogP contribution in [-0.2, 0) is 4.79 Å². The first-order valence-corrected chi connectivity index (χ1v) is 12.0. The minimum absolute atomic E-state index is 0.0802. The highest BCUT2D eigenvalue weighted by atomic mass is 16.1. The predicted molar refractivity (Wildman–Crippen MR) is 144 cm³/mol. The maximum absolute atomic E-state index is 11.5. The van der Waals surface area contributed by atoms with Crippen LogP contribution in [0.25, 0.3) is 22.4 Å². The van der Waals surface area contributed by atoms with Crippen molar-refractivity contribution in [2.75, 3.05) is 29.9 Å². The molecule has 0 aliphatic heterocycles. The fraction of sp³-hybridized carbons (Fsp3) is 0.207. The Hall–Kier alpha value is -4.19. The van der Waals surface area contributed by atoms with Gasteiger partial charge < -0.3 is 15.5 Å². The first-order valence-electron chi connectivity index (χ1n) is 12.0. The molecule has 2 N–H and O–H groups in total. The Morgan fingerprint density at radius 1 is 0.829 bits per heavy atom. The number of hydrogen-bond donors (Lipinski definition) is 2. The Bertz CT molecular complexity index is 1240. The average Bonchev–Trinajstić information content (AvgIpc) is 2.92. The van der Waals surface area contributed by atoms with Crippen LogP contribution in [0.3, 0.4) is 0 Å². The Labute approximate surface area is 207 Å². The molecule has 1 aromatic heterocycles. The van der Waals surface area contributed by atoms with E-state index >= 15 is 0 Å². The lowest BCUT2D eigenvalue weighted by Crippen LogP contribution is -2.34. The summed E-state index contributed by atoms with van der Waals surface area (Å²) in [7, 11) is 0. The van der Waals surface area contributed by atoms with Crippen LogP contribution in [0.5, 0.6) is 0 Å². The highest BCUT2D eigenvalue weighted by Crippen LogP contribution is 2.27. The second-order valence-corrected chi connectivity index (χ2v) is 8.19. The van der Waals surface area contributed by atoms with E-state index < -0.39 is 0 Å². The number of hydrogen-bond acceptors (Lipinski definition) is 5. The molecule has 1 amide bonds. The zero-order chi connectivity index (χ0) is 24.5. The fourth-order valence-corrected chi connectivity index (χ4v) is 3.90. The van der Waals surface area contributed by atoms with Crippen LogP contribution in [0, 0.1) is 0 Å². The maximum atomic E-state index is 11.5. The second-order valence-electron chi connectivity index (χ2n) is 8.19. The van der Waals surface area contributed by atoms with Crippen molar-refractivity contribution in [3.05, 3.63) is 91.3 Å². The van der Waals surface area contributed by atoms with Crippen molar-refractivity contribution in [3.63, 3.8) is 0 Å². The molecule has 0 fully saturated rings. The van der Waals surface area contributed by atoms with Crippen LogP contribution < -0.4 is 15.5 Å². The SMILES string of the molecule is CCC(=O)NCCN(CC)c1ccc(Nc2cc(-c3cccc(-c4ccccc4)c3)ncn2)cc1. The van der Waals surface area contributed by atoms with E-state index in [0.29, 0.717) is 13.0 Å². The molecule has 0 unspecified atom stereocenters. The molecular weight excluding hydrogens is 434 g/mol. The lowest BCUT2D eigenvalue weighted by Gasteiger charge is -2.23. The Morgan fingerprint density at radius 3 is 2.31 bits per heavy atom. The van der Waals surface area contributed by atoms with E-state index in [-0.39, 0.29) is 5.91 Å². The standard InChI is InChI=1S/C29H31N5O/c1-3-29(35)30-17-18-34(4-2)26-15-13-25(14-16-26)33-28-20-27(31-21-32-28)24-12-8-11-23(19-24)22-9-6-5-7-10-22/h5-16,19-21H,3-4,17-18H2,1-2H3,(H,30,35)(H,31,32,33). The van der Waals surface area contributed by atoms with Crippen LogP contribution in [0.1, 0.15) is 20.3 Å². The van der Waals surface area contributed by atoms with Gasteiger partial charge in [0.2, 0.25) is 5.91 Å². The summed E-state index contributed by atoms with van der Waals surface area (Å²) in [5.41, 5.74) is 6.30. The Kier molecular flexibility index (Phi) is 8.07. The largest absolute Gasteiger partial charge is 0.370 e. The molecule has 6 heteroatoms. The predicted octanol–water partition coefficient (Wildman–Crippen LogP) is 5.91.